The summed E-state index contributed by atoms with van der Waals surface area (Å²) in [6.07, 6.45) is 13.4. The first-order valence-electron chi connectivity index (χ1n) is 17.2. The molecule has 4 fully saturated rings. The van der Waals surface area contributed by atoms with Gasteiger partial charge >= 0.3 is 6.01 Å². The van der Waals surface area contributed by atoms with Gasteiger partial charge in [0.15, 0.2) is 5.82 Å². The van der Waals surface area contributed by atoms with Crippen LogP contribution in [0.2, 0.25) is 0 Å². The number of aromatic nitrogens is 2. The van der Waals surface area contributed by atoms with Gasteiger partial charge in [0, 0.05) is 59.5 Å². The molecule has 250 valence electrons. The molecule has 2 N–H and O–H groups in total. The molecule has 1 aliphatic carbocycles. The minimum Gasteiger partial charge on any atom is -0.508 e. The third-order valence-electron chi connectivity index (χ3n) is 11.6. The largest absolute Gasteiger partial charge is 0.508 e. The number of aliphatic hydroxyl groups excluding tert-OH is 1. The number of hydrogen-bond acceptors (Lipinski definition) is 8. The zero-order valence-corrected chi connectivity index (χ0v) is 27.3. The van der Waals surface area contributed by atoms with E-state index in [4.69, 9.17) is 21.1 Å². The highest BCUT2D eigenvalue weighted by molar-refractivity contribution is 6.04. The first kappa shape index (κ1) is 31.2. The second-order valence-electron chi connectivity index (χ2n) is 14.2. The summed E-state index contributed by atoms with van der Waals surface area (Å²) >= 11 is 0. The number of terminal acetylenes is 1. The Morgan fingerprint density at radius 3 is 2.58 bits per heavy atom. The highest BCUT2D eigenvalue weighted by atomic mass is 19.1. The Balaban J connectivity index is 1.26. The normalized spacial score (nSPS) is 25.9. The van der Waals surface area contributed by atoms with Crippen molar-refractivity contribution < 1.29 is 23.7 Å². The Bertz CT molecular complexity index is 1930. The molecule has 4 aromatic rings. The van der Waals surface area contributed by atoms with Crippen LogP contribution in [0.5, 0.6) is 11.8 Å². The Labute approximate surface area is 279 Å². The average Bonchev–Trinajstić information content (AvgIpc) is 3.61. The van der Waals surface area contributed by atoms with E-state index in [0.717, 1.165) is 51.5 Å². The predicted molar refractivity (Wildman–Crippen MR) is 182 cm³/mol. The number of phenols is 1. The summed E-state index contributed by atoms with van der Waals surface area (Å²) < 4.78 is 38.5. The van der Waals surface area contributed by atoms with Crippen LogP contribution in [0.4, 0.5) is 14.6 Å². The lowest BCUT2D eigenvalue weighted by molar-refractivity contribution is 0.0133. The lowest BCUT2D eigenvalue weighted by atomic mass is 9.76. The van der Waals surface area contributed by atoms with Gasteiger partial charge in [0.1, 0.15) is 22.9 Å². The SMILES string of the molecule is C#Cc1c(F)ccc2cc(O)cc(-c3ccc4c(N5CC6CCC(C5)N6CCO)nc(OCC56CCCC5N(C)CCC6)nc4c3F)c12. The maximum absolute atomic E-state index is 17.0. The van der Waals surface area contributed by atoms with E-state index >= 15 is 4.39 Å². The molecular weight excluding hydrogens is 612 g/mol. The fourth-order valence-electron chi connectivity index (χ4n) is 9.45. The van der Waals surface area contributed by atoms with Crippen LogP contribution < -0.4 is 9.64 Å². The molecule has 0 amide bonds. The number of hydrogen-bond donors (Lipinski definition) is 2. The summed E-state index contributed by atoms with van der Waals surface area (Å²) in [5.74, 6) is 1.76. The summed E-state index contributed by atoms with van der Waals surface area (Å²) in [6.45, 7) is 3.69. The lowest BCUT2D eigenvalue weighted by Crippen LogP contribution is -2.54. The Morgan fingerprint density at radius 1 is 1.02 bits per heavy atom. The minimum atomic E-state index is -0.615. The third-order valence-corrected chi connectivity index (χ3v) is 11.6. The van der Waals surface area contributed by atoms with Gasteiger partial charge in [0.2, 0.25) is 0 Å². The number of ether oxygens (including phenoxy) is 1. The van der Waals surface area contributed by atoms with Crippen molar-refractivity contribution in [3.05, 3.63) is 53.6 Å². The first-order chi connectivity index (χ1) is 23.3. The summed E-state index contributed by atoms with van der Waals surface area (Å²) in [6, 6.07) is 10.3. The highest BCUT2D eigenvalue weighted by Crippen LogP contribution is 2.48. The average molecular weight is 654 g/mol. The fourth-order valence-corrected chi connectivity index (χ4v) is 9.45. The van der Waals surface area contributed by atoms with E-state index in [-0.39, 0.29) is 58.1 Å². The molecule has 3 aromatic carbocycles. The van der Waals surface area contributed by atoms with Gasteiger partial charge in [0.05, 0.1) is 18.8 Å². The van der Waals surface area contributed by atoms with Crippen LogP contribution in [0.3, 0.4) is 0 Å². The Kier molecular flexibility index (Phi) is 7.90. The van der Waals surface area contributed by atoms with Gasteiger partial charge in [-0.25, -0.2) is 8.78 Å². The second kappa shape index (κ2) is 12.1. The first-order valence-corrected chi connectivity index (χ1v) is 17.2. The molecule has 8 rings (SSSR count). The molecule has 4 aliphatic rings. The van der Waals surface area contributed by atoms with E-state index in [9.17, 15) is 14.6 Å². The fraction of sp³-hybridized carbons (Fsp3) is 0.474. The third kappa shape index (κ3) is 5.06. The van der Waals surface area contributed by atoms with Gasteiger partial charge in [-0.1, -0.05) is 24.5 Å². The number of aliphatic hydroxyl groups is 1. The van der Waals surface area contributed by atoms with E-state index in [1.165, 1.54) is 24.3 Å². The Hall–Kier alpha value is -4.04. The maximum atomic E-state index is 17.0. The lowest BCUT2D eigenvalue weighted by Gasteiger charge is -2.44. The van der Waals surface area contributed by atoms with Crippen molar-refractivity contribution in [1.29, 1.82) is 0 Å². The molecule has 0 radical (unpaired) electrons. The molecule has 1 saturated carbocycles. The quantitative estimate of drug-likeness (QED) is 0.246. The van der Waals surface area contributed by atoms with Gasteiger partial charge in [-0.3, -0.25) is 4.90 Å². The number of aromatic hydroxyl groups is 1. The van der Waals surface area contributed by atoms with Crippen LogP contribution >= 0.6 is 0 Å². The van der Waals surface area contributed by atoms with Crippen LogP contribution in [-0.2, 0) is 0 Å². The number of piperazine rings is 1. The zero-order chi connectivity index (χ0) is 33.2. The Morgan fingerprint density at radius 2 is 1.81 bits per heavy atom. The molecule has 48 heavy (non-hydrogen) atoms. The standard InChI is InChI=1S/C38H41F2N5O3/c1-3-27-31(39)12-7-23-18-26(47)19-30(33(23)27)28-10-11-29-35(34(28)40)41-37(48-22-38-13-4-6-32(38)43(2)15-5-14-38)42-36(29)44-20-24-8-9-25(21-44)45(24)16-17-46/h1,7,10-12,18-19,24-25,32,46-47H,4-6,8-9,13-17,20-22H2,2H3. The number of fused-ring (bicyclic) bond motifs is 5. The topological polar surface area (TPSA) is 85.2 Å². The molecule has 4 heterocycles. The second-order valence-corrected chi connectivity index (χ2v) is 14.2. The highest BCUT2D eigenvalue weighted by Gasteiger charge is 2.47. The number of anilines is 1. The number of likely N-dealkylation sites (tertiary alicyclic amines) is 1. The van der Waals surface area contributed by atoms with Crippen molar-refractivity contribution in [3.63, 3.8) is 0 Å². The number of nitrogens with zero attached hydrogens (tertiary/aromatic N) is 5. The van der Waals surface area contributed by atoms with Crippen molar-refractivity contribution in [2.45, 2.75) is 63.1 Å². The van der Waals surface area contributed by atoms with Crippen molar-refractivity contribution in [3.8, 4) is 35.2 Å². The van der Waals surface area contributed by atoms with Gasteiger partial charge in [-0.2, -0.15) is 9.97 Å². The molecule has 10 heteroatoms. The van der Waals surface area contributed by atoms with E-state index in [2.05, 4.69) is 27.7 Å². The molecule has 3 aliphatic heterocycles. The monoisotopic (exact) mass is 653 g/mol. The molecule has 0 spiro atoms. The van der Waals surface area contributed by atoms with Crippen LogP contribution in [0, 0.1) is 29.4 Å². The molecule has 4 atom stereocenters. The van der Waals surface area contributed by atoms with Gasteiger partial charge < -0.3 is 24.7 Å². The predicted octanol–water partition coefficient (Wildman–Crippen LogP) is 5.70. The van der Waals surface area contributed by atoms with Crippen LogP contribution in [0.25, 0.3) is 32.8 Å². The molecule has 2 bridgehead atoms. The van der Waals surface area contributed by atoms with Crippen LogP contribution in [0.15, 0.2) is 36.4 Å². The molecule has 1 aromatic heterocycles. The van der Waals surface area contributed by atoms with Crippen LogP contribution in [-0.4, -0.2) is 94.5 Å². The van der Waals surface area contributed by atoms with Crippen molar-refractivity contribution in [2.75, 3.05) is 51.3 Å². The van der Waals surface area contributed by atoms with Crippen molar-refractivity contribution in [2.24, 2.45) is 5.41 Å². The number of benzene rings is 3. The summed E-state index contributed by atoms with van der Waals surface area (Å²) in [7, 11) is 2.19. The summed E-state index contributed by atoms with van der Waals surface area (Å²) in [4.78, 5) is 16.7. The molecule has 8 nitrogen and oxygen atoms in total. The van der Waals surface area contributed by atoms with Crippen molar-refractivity contribution in [1.82, 2.24) is 19.8 Å². The van der Waals surface area contributed by atoms with Crippen molar-refractivity contribution >= 4 is 27.5 Å². The van der Waals surface area contributed by atoms with E-state index in [0.29, 0.717) is 54.3 Å². The van der Waals surface area contributed by atoms with E-state index in [1.807, 2.05) is 0 Å². The number of piperidine rings is 1. The molecule has 3 saturated heterocycles. The van der Waals surface area contributed by atoms with Gasteiger partial charge in [0.25, 0.3) is 0 Å². The van der Waals surface area contributed by atoms with Gasteiger partial charge in [-0.15, -0.1) is 6.42 Å². The van der Waals surface area contributed by atoms with E-state index < -0.39 is 11.6 Å². The molecule has 4 unspecified atom stereocenters. The van der Waals surface area contributed by atoms with E-state index in [1.54, 1.807) is 12.1 Å². The minimum absolute atomic E-state index is 0.00782. The number of rotatable bonds is 7. The number of halogens is 2. The maximum Gasteiger partial charge on any atom is 0.319 e. The zero-order valence-electron chi connectivity index (χ0n) is 27.3. The number of phenolic OH excluding ortho intramolecular Hbond substituents is 1. The molecular formula is C38H41F2N5O3. The smallest absolute Gasteiger partial charge is 0.319 e. The van der Waals surface area contributed by atoms with Gasteiger partial charge in [-0.05, 0) is 87.3 Å². The van der Waals surface area contributed by atoms with Crippen LogP contribution in [0.1, 0.15) is 50.5 Å². The summed E-state index contributed by atoms with van der Waals surface area (Å²) in [5.41, 5.74) is 0.560. The summed E-state index contributed by atoms with van der Waals surface area (Å²) in [5, 5.41) is 21.7.